The van der Waals surface area contributed by atoms with Crippen molar-refractivity contribution in [2.24, 2.45) is 0 Å². The summed E-state index contributed by atoms with van der Waals surface area (Å²) in [5.41, 5.74) is 2.91. The summed E-state index contributed by atoms with van der Waals surface area (Å²) in [5, 5.41) is 1.36. The van der Waals surface area contributed by atoms with Gasteiger partial charge in [-0.15, -0.1) is 0 Å². The van der Waals surface area contributed by atoms with Crippen LogP contribution in [0.2, 0.25) is 0 Å². The fraction of sp³-hybridized carbons (Fsp3) is 0.200. The maximum atomic E-state index is 3.52. The number of rotatable bonds is 0. The van der Waals surface area contributed by atoms with Crippen molar-refractivity contribution in [2.75, 3.05) is 0 Å². The summed E-state index contributed by atoms with van der Waals surface area (Å²) >= 11 is 3.52. The quantitative estimate of drug-likeness (QED) is 0.645. The molecule has 1 aliphatic rings. The molecule has 0 fully saturated rings. The lowest BCUT2D eigenvalue weighted by molar-refractivity contribution is 0.771. The molecule has 12 heavy (non-hydrogen) atoms. The third-order valence-corrected chi connectivity index (χ3v) is 2.98. The minimum absolute atomic E-state index is 1.15. The van der Waals surface area contributed by atoms with Gasteiger partial charge in [0.25, 0.3) is 0 Å². The second-order valence-electron chi connectivity index (χ2n) is 3.26. The average molecular weight is 222 g/mol. The Balaban J connectivity index is 2.55. The van der Waals surface area contributed by atoms with Crippen LogP contribution in [0.1, 0.15) is 5.56 Å². The minimum Gasteiger partial charge on any atom is -0.347 e. The number of halogens is 1. The molecular weight excluding hydrogens is 214 g/mol. The van der Waals surface area contributed by atoms with Crippen molar-refractivity contribution in [2.45, 2.75) is 13.0 Å². The molecule has 2 aromatic rings. The number of aryl methyl sites for hydroxylation is 2. The van der Waals surface area contributed by atoms with Crippen molar-refractivity contribution in [1.29, 1.82) is 0 Å². The highest BCUT2D eigenvalue weighted by molar-refractivity contribution is 9.10. The average Bonchev–Trinajstić information content (AvgIpc) is 2.59. The fourth-order valence-electron chi connectivity index (χ4n) is 2.02. The molecule has 0 atom stereocenters. The van der Waals surface area contributed by atoms with Crippen LogP contribution in [0, 0.1) is 0 Å². The van der Waals surface area contributed by atoms with Crippen LogP contribution in [0.25, 0.3) is 10.9 Å². The maximum absolute atomic E-state index is 3.52. The molecule has 1 nitrogen and oxygen atoms in total. The van der Waals surface area contributed by atoms with Gasteiger partial charge in [-0.05, 0) is 30.2 Å². The van der Waals surface area contributed by atoms with E-state index >= 15 is 0 Å². The zero-order chi connectivity index (χ0) is 8.13. The van der Waals surface area contributed by atoms with Crippen molar-refractivity contribution in [3.63, 3.8) is 0 Å². The monoisotopic (exact) mass is 221 g/mol. The summed E-state index contributed by atoms with van der Waals surface area (Å²) in [5.74, 6) is 0. The highest BCUT2D eigenvalue weighted by Crippen LogP contribution is 2.29. The van der Waals surface area contributed by atoms with E-state index in [1.165, 1.54) is 27.4 Å². The van der Waals surface area contributed by atoms with Gasteiger partial charge >= 0.3 is 0 Å². The van der Waals surface area contributed by atoms with Crippen LogP contribution in [0.15, 0.2) is 28.9 Å². The van der Waals surface area contributed by atoms with E-state index in [9.17, 15) is 0 Å². The zero-order valence-corrected chi connectivity index (χ0v) is 8.13. The first-order valence-corrected chi connectivity index (χ1v) is 4.91. The van der Waals surface area contributed by atoms with Crippen LogP contribution < -0.4 is 0 Å². The van der Waals surface area contributed by atoms with E-state index in [2.05, 4.69) is 44.9 Å². The molecule has 2 heterocycles. The first-order valence-electron chi connectivity index (χ1n) is 4.12. The van der Waals surface area contributed by atoms with Gasteiger partial charge in [-0.3, -0.25) is 0 Å². The Morgan fingerprint density at radius 2 is 2.25 bits per heavy atom. The normalized spacial score (nSPS) is 14.4. The van der Waals surface area contributed by atoms with Gasteiger partial charge < -0.3 is 4.57 Å². The van der Waals surface area contributed by atoms with E-state index in [0.29, 0.717) is 0 Å². The SMILES string of the molecule is Brc1cc2c3c(ccn3CC2)c1. The van der Waals surface area contributed by atoms with Gasteiger partial charge in [-0.1, -0.05) is 15.9 Å². The van der Waals surface area contributed by atoms with Gasteiger partial charge in [0, 0.05) is 22.6 Å². The molecule has 0 unspecified atom stereocenters. The largest absolute Gasteiger partial charge is 0.347 e. The molecule has 0 spiro atoms. The maximum Gasteiger partial charge on any atom is 0.0514 e. The molecule has 0 N–H and O–H groups in total. The molecule has 0 saturated carbocycles. The Morgan fingerprint density at radius 3 is 3.17 bits per heavy atom. The second kappa shape index (κ2) is 2.13. The van der Waals surface area contributed by atoms with Crippen LogP contribution in [-0.4, -0.2) is 4.57 Å². The van der Waals surface area contributed by atoms with E-state index in [4.69, 9.17) is 0 Å². The standard InChI is InChI=1S/C10H8BrN/c11-9-5-7-1-3-12-4-2-8(6-9)10(7)12/h1,3,5-6H,2,4H2. The Kier molecular flexibility index (Phi) is 1.20. The Labute approximate surface area is 79.1 Å². The lowest BCUT2D eigenvalue weighted by Crippen LogP contribution is -1.86. The van der Waals surface area contributed by atoms with Gasteiger partial charge in [0.15, 0.2) is 0 Å². The van der Waals surface area contributed by atoms with Crippen LogP contribution in [-0.2, 0) is 13.0 Å². The van der Waals surface area contributed by atoms with Gasteiger partial charge in [-0.2, -0.15) is 0 Å². The fourth-order valence-corrected chi connectivity index (χ4v) is 2.54. The minimum atomic E-state index is 1.15. The molecule has 0 radical (unpaired) electrons. The Morgan fingerprint density at radius 1 is 1.33 bits per heavy atom. The molecule has 1 aromatic carbocycles. The van der Waals surface area contributed by atoms with Crippen LogP contribution >= 0.6 is 15.9 Å². The highest BCUT2D eigenvalue weighted by Gasteiger charge is 2.13. The molecule has 1 aromatic heterocycles. The molecule has 2 heteroatoms. The van der Waals surface area contributed by atoms with Crippen LogP contribution in [0.5, 0.6) is 0 Å². The first-order chi connectivity index (χ1) is 5.84. The smallest absolute Gasteiger partial charge is 0.0514 e. The molecular formula is C10H8BrN. The van der Waals surface area contributed by atoms with Gasteiger partial charge in [-0.25, -0.2) is 0 Å². The zero-order valence-electron chi connectivity index (χ0n) is 6.55. The number of nitrogens with zero attached hydrogens (tertiary/aromatic N) is 1. The summed E-state index contributed by atoms with van der Waals surface area (Å²) in [6.45, 7) is 1.15. The van der Waals surface area contributed by atoms with Crippen LogP contribution in [0.3, 0.4) is 0 Å². The van der Waals surface area contributed by atoms with E-state index in [0.717, 1.165) is 6.54 Å². The van der Waals surface area contributed by atoms with E-state index < -0.39 is 0 Å². The molecule has 3 rings (SSSR count). The molecule has 0 amide bonds. The highest BCUT2D eigenvalue weighted by atomic mass is 79.9. The van der Waals surface area contributed by atoms with Crippen molar-refractivity contribution >= 4 is 26.8 Å². The predicted octanol–water partition coefficient (Wildman–Crippen LogP) is 2.96. The number of hydrogen-bond acceptors (Lipinski definition) is 0. The Hall–Kier alpha value is -0.760. The van der Waals surface area contributed by atoms with E-state index in [1.807, 2.05) is 0 Å². The van der Waals surface area contributed by atoms with E-state index in [-0.39, 0.29) is 0 Å². The second-order valence-corrected chi connectivity index (χ2v) is 4.18. The van der Waals surface area contributed by atoms with Gasteiger partial charge in [0.2, 0.25) is 0 Å². The summed E-state index contributed by atoms with van der Waals surface area (Å²) in [6.07, 6.45) is 3.36. The van der Waals surface area contributed by atoms with Crippen molar-refractivity contribution in [1.82, 2.24) is 4.57 Å². The Bertz CT molecular complexity index is 456. The summed E-state index contributed by atoms with van der Waals surface area (Å²) < 4.78 is 3.53. The van der Waals surface area contributed by atoms with Crippen molar-refractivity contribution in [3.05, 3.63) is 34.4 Å². The summed E-state index contributed by atoms with van der Waals surface area (Å²) in [6, 6.07) is 6.59. The molecule has 1 aliphatic heterocycles. The topological polar surface area (TPSA) is 4.93 Å². The number of aromatic nitrogens is 1. The number of hydrogen-bond donors (Lipinski definition) is 0. The molecule has 0 saturated heterocycles. The number of benzene rings is 1. The summed E-state index contributed by atoms with van der Waals surface area (Å²) in [7, 11) is 0. The lowest BCUT2D eigenvalue weighted by atomic mass is 10.1. The van der Waals surface area contributed by atoms with Crippen LogP contribution in [0.4, 0.5) is 0 Å². The van der Waals surface area contributed by atoms with Crippen molar-refractivity contribution < 1.29 is 0 Å². The first kappa shape index (κ1) is 6.72. The molecule has 60 valence electrons. The lowest BCUT2D eigenvalue weighted by Gasteiger charge is -1.96. The predicted molar refractivity (Wildman–Crippen MR) is 53.3 cm³/mol. The molecule has 0 aliphatic carbocycles. The third-order valence-electron chi connectivity index (χ3n) is 2.53. The van der Waals surface area contributed by atoms with E-state index in [1.54, 1.807) is 0 Å². The van der Waals surface area contributed by atoms with Gasteiger partial charge in [0.05, 0.1) is 5.52 Å². The third kappa shape index (κ3) is 0.734. The summed E-state index contributed by atoms with van der Waals surface area (Å²) in [4.78, 5) is 0. The molecule has 0 bridgehead atoms. The van der Waals surface area contributed by atoms with Gasteiger partial charge in [0.1, 0.15) is 0 Å². The van der Waals surface area contributed by atoms with Crippen molar-refractivity contribution in [3.8, 4) is 0 Å².